The van der Waals surface area contributed by atoms with Gasteiger partial charge in [-0.05, 0) is 31.6 Å². The summed E-state index contributed by atoms with van der Waals surface area (Å²) in [6.07, 6.45) is 6.49. The summed E-state index contributed by atoms with van der Waals surface area (Å²) in [7, 11) is 0. The van der Waals surface area contributed by atoms with Gasteiger partial charge in [-0.1, -0.05) is 19.8 Å². The first-order valence-electron chi connectivity index (χ1n) is 6.60. The number of aromatic nitrogens is 3. The summed E-state index contributed by atoms with van der Waals surface area (Å²) in [6.45, 7) is 4.51. The van der Waals surface area contributed by atoms with Crippen LogP contribution >= 0.6 is 0 Å². The lowest BCUT2D eigenvalue weighted by Crippen LogP contribution is -2.43. The molecule has 0 amide bonds. The molecule has 18 heavy (non-hydrogen) atoms. The van der Waals surface area contributed by atoms with Crippen LogP contribution in [0.5, 0.6) is 0 Å². The van der Waals surface area contributed by atoms with E-state index in [0.717, 1.165) is 24.5 Å². The van der Waals surface area contributed by atoms with E-state index < -0.39 is 5.54 Å². The van der Waals surface area contributed by atoms with Gasteiger partial charge in [-0.3, -0.25) is 0 Å². The van der Waals surface area contributed by atoms with Crippen molar-refractivity contribution in [3.63, 3.8) is 0 Å². The lowest BCUT2D eigenvalue weighted by atomic mass is 9.72. The average Bonchev–Trinajstić information content (AvgIpc) is 2.79. The first kappa shape index (κ1) is 13.0. The van der Waals surface area contributed by atoms with Gasteiger partial charge in [0.25, 0.3) is 0 Å². The number of nitrogens with two attached hydrogens (primary N) is 1. The fourth-order valence-electron chi connectivity index (χ4n) is 2.75. The fourth-order valence-corrected chi connectivity index (χ4v) is 2.75. The standard InChI is InChI=1S/C13H21N5/c1-10-3-5-11(6-4-10)13(2,15)12-9-16-18(17-12)8-7-14/h9-11H,3-6,8,15H2,1-2H3/t10?,11?,13-/m0/s1. The molecule has 0 aromatic carbocycles. The summed E-state index contributed by atoms with van der Waals surface area (Å²) in [5.74, 6) is 1.27. The zero-order chi connectivity index (χ0) is 13.2. The molecule has 1 fully saturated rings. The largest absolute Gasteiger partial charge is 0.320 e. The van der Waals surface area contributed by atoms with Gasteiger partial charge in [-0.15, -0.1) is 0 Å². The van der Waals surface area contributed by atoms with E-state index in [9.17, 15) is 0 Å². The molecule has 5 heteroatoms. The Balaban J connectivity index is 2.11. The van der Waals surface area contributed by atoms with Gasteiger partial charge in [0.05, 0.1) is 17.8 Å². The molecule has 0 spiro atoms. The molecule has 0 unspecified atom stereocenters. The van der Waals surface area contributed by atoms with E-state index in [-0.39, 0.29) is 6.54 Å². The zero-order valence-electron chi connectivity index (χ0n) is 11.1. The quantitative estimate of drug-likeness (QED) is 0.883. The second-order valence-electron chi connectivity index (χ2n) is 5.66. The minimum Gasteiger partial charge on any atom is -0.320 e. The van der Waals surface area contributed by atoms with Gasteiger partial charge < -0.3 is 5.73 Å². The predicted molar refractivity (Wildman–Crippen MR) is 68.3 cm³/mol. The smallest absolute Gasteiger partial charge is 0.147 e. The molecule has 2 rings (SSSR count). The summed E-state index contributed by atoms with van der Waals surface area (Å²) in [4.78, 5) is 1.41. The Morgan fingerprint density at radius 1 is 1.50 bits per heavy atom. The Hall–Kier alpha value is -1.41. The monoisotopic (exact) mass is 247 g/mol. The molecule has 1 aliphatic rings. The number of rotatable bonds is 3. The van der Waals surface area contributed by atoms with Crippen molar-refractivity contribution < 1.29 is 0 Å². The van der Waals surface area contributed by atoms with Crippen LogP contribution < -0.4 is 5.73 Å². The fraction of sp³-hybridized carbons (Fsp3) is 0.769. The van der Waals surface area contributed by atoms with Crippen molar-refractivity contribution in [3.8, 4) is 6.07 Å². The molecule has 98 valence electrons. The van der Waals surface area contributed by atoms with Gasteiger partial charge in [0.2, 0.25) is 0 Å². The highest BCUT2D eigenvalue weighted by Gasteiger charge is 2.36. The molecule has 0 aliphatic heterocycles. The molecule has 1 heterocycles. The molecule has 0 bridgehead atoms. The molecule has 0 saturated heterocycles. The van der Waals surface area contributed by atoms with Gasteiger partial charge in [0, 0.05) is 0 Å². The third kappa shape index (κ3) is 2.54. The Kier molecular flexibility index (Phi) is 3.67. The molecule has 1 aromatic rings. The highest BCUT2D eigenvalue weighted by molar-refractivity contribution is 5.10. The maximum Gasteiger partial charge on any atom is 0.147 e. The molecule has 1 atom stereocenters. The number of hydrogen-bond donors (Lipinski definition) is 1. The number of nitriles is 1. The average molecular weight is 247 g/mol. The molecular formula is C13H21N5. The van der Waals surface area contributed by atoms with Gasteiger partial charge in [-0.2, -0.15) is 20.3 Å². The van der Waals surface area contributed by atoms with Gasteiger partial charge >= 0.3 is 0 Å². The molecule has 5 nitrogen and oxygen atoms in total. The van der Waals surface area contributed by atoms with E-state index in [1.165, 1.54) is 17.6 Å². The lowest BCUT2D eigenvalue weighted by Gasteiger charge is -2.37. The first-order chi connectivity index (χ1) is 8.54. The zero-order valence-corrected chi connectivity index (χ0v) is 11.1. The molecule has 0 radical (unpaired) electrons. The molecule has 1 aromatic heterocycles. The minimum absolute atomic E-state index is 0.178. The van der Waals surface area contributed by atoms with E-state index in [0.29, 0.717) is 5.92 Å². The Morgan fingerprint density at radius 3 is 2.78 bits per heavy atom. The first-order valence-corrected chi connectivity index (χ1v) is 6.60. The summed E-state index contributed by atoms with van der Waals surface area (Å²) >= 11 is 0. The van der Waals surface area contributed by atoms with Crippen LogP contribution in [0, 0.1) is 23.2 Å². The van der Waals surface area contributed by atoms with Crippen LogP contribution in [0.3, 0.4) is 0 Å². The van der Waals surface area contributed by atoms with E-state index in [4.69, 9.17) is 11.0 Å². The highest BCUT2D eigenvalue weighted by atomic mass is 15.5. The highest BCUT2D eigenvalue weighted by Crippen LogP contribution is 2.38. The number of nitrogens with zero attached hydrogens (tertiary/aromatic N) is 4. The normalized spacial score (nSPS) is 27.4. The summed E-state index contributed by atoms with van der Waals surface area (Å²) in [5, 5.41) is 17.0. The third-order valence-electron chi connectivity index (χ3n) is 4.16. The minimum atomic E-state index is -0.437. The van der Waals surface area contributed by atoms with Crippen LogP contribution in [0.4, 0.5) is 0 Å². The molecule has 1 aliphatic carbocycles. The van der Waals surface area contributed by atoms with Crippen molar-refractivity contribution in [1.82, 2.24) is 15.0 Å². The van der Waals surface area contributed by atoms with Crippen LogP contribution in [-0.4, -0.2) is 15.0 Å². The maximum atomic E-state index is 8.63. The van der Waals surface area contributed by atoms with Crippen LogP contribution in [0.25, 0.3) is 0 Å². The van der Waals surface area contributed by atoms with Gasteiger partial charge in [0.1, 0.15) is 12.2 Å². The second kappa shape index (κ2) is 5.07. The predicted octanol–water partition coefficient (Wildman–Crippen LogP) is 1.80. The van der Waals surface area contributed by atoms with Crippen molar-refractivity contribution in [2.24, 2.45) is 17.6 Å². The Labute approximate surface area is 108 Å². The topological polar surface area (TPSA) is 80.5 Å². The van der Waals surface area contributed by atoms with Crippen molar-refractivity contribution in [2.75, 3.05) is 0 Å². The van der Waals surface area contributed by atoms with Crippen molar-refractivity contribution in [3.05, 3.63) is 11.9 Å². The van der Waals surface area contributed by atoms with Crippen LogP contribution in [-0.2, 0) is 12.1 Å². The van der Waals surface area contributed by atoms with E-state index in [1.54, 1.807) is 6.20 Å². The molecule has 1 saturated carbocycles. The molecule has 2 N–H and O–H groups in total. The second-order valence-corrected chi connectivity index (χ2v) is 5.66. The van der Waals surface area contributed by atoms with Crippen molar-refractivity contribution in [1.29, 1.82) is 5.26 Å². The maximum absolute atomic E-state index is 8.63. The van der Waals surface area contributed by atoms with Crippen LogP contribution in [0.2, 0.25) is 0 Å². The summed E-state index contributed by atoms with van der Waals surface area (Å²) in [5.41, 5.74) is 6.84. The van der Waals surface area contributed by atoms with Gasteiger partial charge in [-0.25, -0.2) is 0 Å². The van der Waals surface area contributed by atoms with E-state index in [1.807, 2.05) is 13.0 Å². The van der Waals surface area contributed by atoms with Crippen molar-refractivity contribution >= 4 is 0 Å². The lowest BCUT2D eigenvalue weighted by molar-refractivity contribution is 0.188. The van der Waals surface area contributed by atoms with Crippen LogP contribution in [0.15, 0.2) is 6.20 Å². The van der Waals surface area contributed by atoms with E-state index >= 15 is 0 Å². The van der Waals surface area contributed by atoms with Crippen LogP contribution in [0.1, 0.15) is 45.2 Å². The van der Waals surface area contributed by atoms with E-state index in [2.05, 4.69) is 17.1 Å². The molecular weight excluding hydrogens is 226 g/mol. The SMILES string of the molecule is CC1CCC([C@](C)(N)c2cnn(CC#N)n2)CC1. The van der Waals surface area contributed by atoms with Gasteiger partial charge in [0.15, 0.2) is 0 Å². The Bertz CT molecular complexity index is 434. The van der Waals surface area contributed by atoms with Crippen molar-refractivity contribution in [2.45, 2.75) is 51.6 Å². The Morgan fingerprint density at radius 2 is 2.17 bits per heavy atom. The number of hydrogen-bond acceptors (Lipinski definition) is 4. The summed E-state index contributed by atoms with van der Waals surface area (Å²) in [6, 6.07) is 2.03. The summed E-state index contributed by atoms with van der Waals surface area (Å²) < 4.78 is 0. The third-order valence-corrected chi connectivity index (χ3v) is 4.16.